The Bertz CT molecular complexity index is 875. The number of benzene rings is 2. The number of urea groups is 1. The van der Waals surface area contributed by atoms with E-state index >= 15 is 0 Å². The molecule has 2 aromatic rings. The molecule has 0 spiro atoms. The third kappa shape index (κ3) is 4.14. The van der Waals surface area contributed by atoms with Crippen molar-refractivity contribution in [2.45, 2.75) is 13.8 Å². The summed E-state index contributed by atoms with van der Waals surface area (Å²) in [4.78, 5) is 40.1. The van der Waals surface area contributed by atoms with Crippen LogP contribution in [0.25, 0.3) is 0 Å². The number of carbonyl (C=O) groups is 3. The van der Waals surface area contributed by atoms with Gasteiger partial charge in [0.25, 0.3) is 11.8 Å². The quantitative estimate of drug-likeness (QED) is 0.808. The zero-order chi connectivity index (χ0) is 20.1. The van der Waals surface area contributed by atoms with Gasteiger partial charge in [0, 0.05) is 48.7 Å². The van der Waals surface area contributed by atoms with Crippen molar-refractivity contribution in [3.8, 4) is 0 Å². The van der Waals surface area contributed by atoms with Gasteiger partial charge in [0.15, 0.2) is 0 Å². The van der Waals surface area contributed by atoms with Gasteiger partial charge in [0.05, 0.1) is 0 Å². The molecule has 7 heteroatoms. The van der Waals surface area contributed by atoms with Gasteiger partial charge >= 0.3 is 6.03 Å². The highest BCUT2D eigenvalue weighted by Gasteiger charge is 2.21. The SMILES string of the molecule is CCN(CC)C(=O)c1cccc(NC(=O)c2ccc(N3CCNC3=O)cc2)c1. The van der Waals surface area contributed by atoms with Crippen LogP contribution in [0.15, 0.2) is 48.5 Å². The van der Waals surface area contributed by atoms with Crippen LogP contribution >= 0.6 is 0 Å². The van der Waals surface area contributed by atoms with Crippen molar-refractivity contribution in [3.05, 3.63) is 59.7 Å². The average Bonchev–Trinajstić information content (AvgIpc) is 3.15. The van der Waals surface area contributed by atoms with E-state index in [2.05, 4.69) is 10.6 Å². The van der Waals surface area contributed by atoms with Crippen LogP contribution in [0, 0.1) is 0 Å². The van der Waals surface area contributed by atoms with Gasteiger partial charge in [-0.05, 0) is 56.3 Å². The zero-order valence-corrected chi connectivity index (χ0v) is 16.1. The fraction of sp³-hybridized carbons (Fsp3) is 0.286. The van der Waals surface area contributed by atoms with Crippen molar-refractivity contribution in [2.75, 3.05) is 36.4 Å². The minimum absolute atomic E-state index is 0.0608. The summed E-state index contributed by atoms with van der Waals surface area (Å²) in [7, 11) is 0. The number of carbonyl (C=O) groups excluding carboxylic acids is 3. The van der Waals surface area contributed by atoms with Crippen molar-refractivity contribution in [1.29, 1.82) is 0 Å². The highest BCUT2D eigenvalue weighted by Crippen LogP contribution is 2.19. The first-order valence-electron chi connectivity index (χ1n) is 9.39. The molecule has 1 fully saturated rings. The molecule has 1 heterocycles. The molecule has 0 atom stereocenters. The standard InChI is InChI=1S/C21H24N4O3/c1-3-24(4-2)20(27)16-6-5-7-17(14-16)23-19(26)15-8-10-18(11-9-15)25-13-12-22-21(25)28/h5-11,14H,3-4,12-13H2,1-2H3,(H,22,28)(H,23,26). The van der Waals surface area contributed by atoms with Gasteiger partial charge in [-0.1, -0.05) is 6.07 Å². The second-order valence-corrected chi connectivity index (χ2v) is 6.44. The fourth-order valence-electron chi connectivity index (χ4n) is 3.14. The van der Waals surface area contributed by atoms with E-state index in [9.17, 15) is 14.4 Å². The molecule has 146 valence electrons. The molecule has 1 aliphatic heterocycles. The summed E-state index contributed by atoms with van der Waals surface area (Å²) in [5.41, 5.74) is 2.32. The number of amides is 4. The monoisotopic (exact) mass is 380 g/mol. The van der Waals surface area contributed by atoms with Crippen molar-refractivity contribution >= 4 is 29.2 Å². The number of nitrogens with one attached hydrogen (secondary N) is 2. The van der Waals surface area contributed by atoms with Crippen molar-refractivity contribution in [2.24, 2.45) is 0 Å². The van der Waals surface area contributed by atoms with E-state index in [-0.39, 0.29) is 17.8 Å². The molecule has 0 aliphatic carbocycles. The average molecular weight is 380 g/mol. The van der Waals surface area contributed by atoms with Gasteiger partial charge in [0.2, 0.25) is 0 Å². The minimum Gasteiger partial charge on any atom is -0.339 e. The third-order valence-corrected chi connectivity index (χ3v) is 4.72. The Morgan fingerprint density at radius 3 is 2.39 bits per heavy atom. The van der Waals surface area contributed by atoms with Gasteiger partial charge in [-0.2, -0.15) is 0 Å². The van der Waals surface area contributed by atoms with Gasteiger partial charge in [0.1, 0.15) is 0 Å². The highest BCUT2D eigenvalue weighted by atomic mass is 16.2. The summed E-state index contributed by atoms with van der Waals surface area (Å²) in [6.07, 6.45) is 0. The minimum atomic E-state index is -0.273. The summed E-state index contributed by atoms with van der Waals surface area (Å²) in [5.74, 6) is -0.334. The Hall–Kier alpha value is -3.35. The van der Waals surface area contributed by atoms with Crippen LogP contribution in [-0.4, -0.2) is 48.9 Å². The third-order valence-electron chi connectivity index (χ3n) is 4.72. The summed E-state index contributed by atoms with van der Waals surface area (Å²) in [6.45, 7) is 6.35. The van der Waals surface area contributed by atoms with E-state index in [4.69, 9.17) is 0 Å². The second kappa shape index (κ2) is 8.56. The van der Waals surface area contributed by atoms with E-state index in [1.165, 1.54) is 0 Å². The lowest BCUT2D eigenvalue weighted by Gasteiger charge is -2.19. The van der Waals surface area contributed by atoms with Crippen LogP contribution < -0.4 is 15.5 Å². The molecule has 4 amide bonds. The number of anilines is 2. The van der Waals surface area contributed by atoms with Crippen LogP contribution in [0.5, 0.6) is 0 Å². The predicted octanol–water partition coefficient (Wildman–Crippen LogP) is 2.95. The Labute approximate surface area is 164 Å². The van der Waals surface area contributed by atoms with Gasteiger partial charge in [-0.15, -0.1) is 0 Å². The number of rotatable bonds is 6. The largest absolute Gasteiger partial charge is 0.339 e. The first kappa shape index (κ1) is 19.4. The Kier molecular flexibility index (Phi) is 5.93. The van der Waals surface area contributed by atoms with E-state index in [1.807, 2.05) is 13.8 Å². The summed E-state index contributed by atoms with van der Waals surface area (Å²) >= 11 is 0. The Morgan fingerprint density at radius 2 is 1.79 bits per heavy atom. The lowest BCUT2D eigenvalue weighted by Crippen LogP contribution is -2.30. The molecule has 1 aliphatic rings. The predicted molar refractivity (Wildman–Crippen MR) is 109 cm³/mol. The number of hydrogen-bond acceptors (Lipinski definition) is 3. The Balaban J connectivity index is 1.70. The molecule has 0 radical (unpaired) electrons. The molecule has 28 heavy (non-hydrogen) atoms. The molecule has 3 rings (SSSR count). The van der Waals surface area contributed by atoms with Crippen molar-refractivity contribution < 1.29 is 14.4 Å². The maximum Gasteiger partial charge on any atom is 0.321 e. The van der Waals surface area contributed by atoms with Crippen LogP contribution in [-0.2, 0) is 0 Å². The molecular weight excluding hydrogens is 356 g/mol. The van der Waals surface area contributed by atoms with Crippen LogP contribution in [0.1, 0.15) is 34.6 Å². The number of hydrogen-bond donors (Lipinski definition) is 2. The summed E-state index contributed by atoms with van der Waals surface area (Å²) in [6, 6.07) is 13.7. The lowest BCUT2D eigenvalue weighted by atomic mass is 10.1. The van der Waals surface area contributed by atoms with Crippen molar-refractivity contribution in [3.63, 3.8) is 0 Å². The van der Waals surface area contributed by atoms with E-state index in [0.29, 0.717) is 43.0 Å². The molecule has 2 N–H and O–H groups in total. The second-order valence-electron chi connectivity index (χ2n) is 6.44. The summed E-state index contributed by atoms with van der Waals surface area (Å²) < 4.78 is 0. The van der Waals surface area contributed by atoms with E-state index in [0.717, 1.165) is 5.69 Å². The first-order chi connectivity index (χ1) is 13.5. The molecule has 0 saturated carbocycles. The lowest BCUT2D eigenvalue weighted by molar-refractivity contribution is 0.0772. The van der Waals surface area contributed by atoms with E-state index < -0.39 is 0 Å². The maximum atomic E-state index is 12.5. The maximum absolute atomic E-state index is 12.5. The molecule has 0 bridgehead atoms. The molecule has 0 aromatic heterocycles. The normalized spacial score (nSPS) is 13.2. The van der Waals surface area contributed by atoms with Gasteiger partial charge in [-0.25, -0.2) is 4.79 Å². The topological polar surface area (TPSA) is 81.8 Å². The smallest absolute Gasteiger partial charge is 0.321 e. The van der Waals surface area contributed by atoms with Crippen molar-refractivity contribution in [1.82, 2.24) is 10.2 Å². The van der Waals surface area contributed by atoms with Crippen LogP contribution in [0.4, 0.5) is 16.2 Å². The molecule has 0 unspecified atom stereocenters. The first-order valence-corrected chi connectivity index (χ1v) is 9.39. The fourth-order valence-corrected chi connectivity index (χ4v) is 3.14. The van der Waals surface area contributed by atoms with Crippen LogP contribution in [0.3, 0.4) is 0 Å². The zero-order valence-electron chi connectivity index (χ0n) is 16.1. The molecule has 7 nitrogen and oxygen atoms in total. The Morgan fingerprint density at radius 1 is 1.07 bits per heavy atom. The van der Waals surface area contributed by atoms with Gasteiger partial charge < -0.3 is 15.5 Å². The summed E-state index contributed by atoms with van der Waals surface area (Å²) in [5, 5.41) is 5.57. The molecular formula is C21H24N4O3. The van der Waals surface area contributed by atoms with E-state index in [1.54, 1.807) is 58.3 Å². The van der Waals surface area contributed by atoms with Gasteiger partial charge in [-0.3, -0.25) is 14.5 Å². The number of nitrogens with zero attached hydrogens (tertiary/aromatic N) is 2. The molecule has 1 saturated heterocycles. The molecule has 2 aromatic carbocycles. The highest BCUT2D eigenvalue weighted by molar-refractivity contribution is 6.05. The van der Waals surface area contributed by atoms with Crippen LogP contribution in [0.2, 0.25) is 0 Å².